The van der Waals surface area contributed by atoms with Crippen LogP contribution in [0.4, 0.5) is 8.78 Å². The number of hydrogen-bond donors (Lipinski definition) is 3. The minimum Gasteiger partial charge on any atom is -0.395 e. The normalized spacial score (nSPS) is 23.1. The molecule has 2 aromatic rings. The third-order valence-corrected chi connectivity index (χ3v) is 4.63. The Hall–Kier alpha value is -2.71. The first-order chi connectivity index (χ1) is 12.9. The zero-order valence-electron chi connectivity index (χ0n) is 14.2. The molecule has 6 nitrogen and oxygen atoms in total. The topological polar surface area (TPSA) is 79.8 Å². The Morgan fingerprint density at radius 2 is 1.93 bits per heavy atom. The highest BCUT2D eigenvalue weighted by atomic mass is 19.3. The van der Waals surface area contributed by atoms with Gasteiger partial charge in [-0.25, -0.2) is 0 Å². The number of carbonyl (C=O) groups excluding carboxylic acids is 1. The summed E-state index contributed by atoms with van der Waals surface area (Å²) in [6, 6.07) is 11.0. The number of amides is 1. The van der Waals surface area contributed by atoms with Crippen LogP contribution in [0.2, 0.25) is 0 Å². The fourth-order valence-electron chi connectivity index (χ4n) is 3.23. The standard InChI is InChI=1S/C19H18F2N2O4/c20-19(21)26-16-5-4-12(9-17(16)27-19)11-2-1-3-13(8-11)18(25)23-14-6-7-22-10-15(14)24/h1-5,8-9,14-15,22,24H,6-7,10H2,(H,23,25)/t14-,15-/m1/s1. The molecule has 2 atom stereocenters. The molecule has 0 saturated carbocycles. The average molecular weight is 376 g/mol. The van der Waals surface area contributed by atoms with Gasteiger partial charge in [0.2, 0.25) is 0 Å². The summed E-state index contributed by atoms with van der Waals surface area (Å²) < 4.78 is 35.2. The molecule has 2 heterocycles. The molecule has 0 aromatic heterocycles. The van der Waals surface area contributed by atoms with E-state index in [9.17, 15) is 18.7 Å². The summed E-state index contributed by atoms with van der Waals surface area (Å²) in [4.78, 5) is 12.5. The van der Waals surface area contributed by atoms with E-state index in [2.05, 4.69) is 20.1 Å². The second-order valence-electron chi connectivity index (χ2n) is 6.55. The van der Waals surface area contributed by atoms with Gasteiger partial charge in [0.1, 0.15) is 0 Å². The van der Waals surface area contributed by atoms with Crippen LogP contribution in [0.25, 0.3) is 11.1 Å². The number of halogens is 2. The highest BCUT2D eigenvalue weighted by Crippen LogP contribution is 2.42. The Bertz CT molecular complexity index is 875. The molecule has 1 amide bonds. The number of piperidine rings is 1. The van der Waals surface area contributed by atoms with E-state index < -0.39 is 12.4 Å². The van der Waals surface area contributed by atoms with Gasteiger partial charge in [-0.3, -0.25) is 4.79 Å². The first-order valence-electron chi connectivity index (χ1n) is 8.61. The second-order valence-corrected chi connectivity index (χ2v) is 6.55. The zero-order valence-corrected chi connectivity index (χ0v) is 14.2. The van der Waals surface area contributed by atoms with Crippen molar-refractivity contribution in [2.75, 3.05) is 13.1 Å². The van der Waals surface area contributed by atoms with E-state index in [1.54, 1.807) is 30.3 Å². The Kier molecular flexibility index (Phi) is 4.45. The summed E-state index contributed by atoms with van der Waals surface area (Å²) in [6.07, 6.45) is -3.66. The van der Waals surface area contributed by atoms with Gasteiger partial charge in [-0.15, -0.1) is 8.78 Å². The molecule has 0 unspecified atom stereocenters. The number of ether oxygens (including phenoxy) is 2. The van der Waals surface area contributed by atoms with Gasteiger partial charge in [-0.2, -0.15) is 0 Å². The van der Waals surface area contributed by atoms with E-state index in [0.717, 1.165) is 6.54 Å². The number of carbonyl (C=O) groups is 1. The molecule has 2 aliphatic heterocycles. The summed E-state index contributed by atoms with van der Waals surface area (Å²) in [5, 5.41) is 15.9. The Labute approximate surface area is 154 Å². The Morgan fingerprint density at radius 3 is 2.74 bits per heavy atom. The summed E-state index contributed by atoms with van der Waals surface area (Å²) in [5.41, 5.74) is 1.71. The molecule has 0 aliphatic carbocycles. The molecule has 4 rings (SSSR count). The van der Waals surface area contributed by atoms with Crippen molar-refractivity contribution in [3.05, 3.63) is 48.0 Å². The quantitative estimate of drug-likeness (QED) is 0.765. The van der Waals surface area contributed by atoms with Crippen LogP contribution in [-0.4, -0.2) is 42.5 Å². The van der Waals surface area contributed by atoms with Gasteiger partial charge in [-0.05, 0) is 48.4 Å². The van der Waals surface area contributed by atoms with Crippen molar-refractivity contribution in [2.24, 2.45) is 0 Å². The van der Waals surface area contributed by atoms with Gasteiger partial charge in [-0.1, -0.05) is 18.2 Å². The number of β-amino-alcohol motifs (C(OH)–C–C–N with tert-alkyl or cyclic N) is 1. The van der Waals surface area contributed by atoms with Gasteiger partial charge >= 0.3 is 6.29 Å². The molecule has 142 valence electrons. The van der Waals surface area contributed by atoms with Crippen molar-refractivity contribution in [3.8, 4) is 22.6 Å². The smallest absolute Gasteiger partial charge is 0.395 e. The first kappa shape index (κ1) is 17.7. The van der Waals surface area contributed by atoms with Gasteiger partial charge < -0.3 is 25.2 Å². The van der Waals surface area contributed by atoms with Crippen LogP contribution < -0.4 is 20.1 Å². The van der Waals surface area contributed by atoms with Crippen LogP contribution in [-0.2, 0) is 0 Å². The van der Waals surface area contributed by atoms with Crippen molar-refractivity contribution < 1.29 is 28.2 Å². The van der Waals surface area contributed by atoms with Gasteiger partial charge in [0.15, 0.2) is 11.5 Å². The largest absolute Gasteiger partial charge is 0.586 e. The number of aliphatic hydroxyl groups excluding tert-OH is 1. The highest BCUT2D eigenvalue weighted by molar-refractivity contribution is 5.95. The predicted octanol–water partition coefficient (Wildman–Crippen LogP) is 2.13. The molecule has 2 aromatic carbocycles. The monoisotopic (exact) mass is 376 g/mol. The van der Waals surface area contributed by atoms with Crippen LogP contribution >= 0.6 is 0 Å². The van der Waals surface area contributed by atoms with E-state index in [1.165, 1.54) is 12.1 Å². The molecular weight excluding hydrogens is 358 g/mol. The molecular formula is C19H18F2N2O4. The van der Waals surface area contributed by atoms with Gasteiger partial charge in [0, 0.05) is 12.1 Å². The van der Waals surface area contributed by atoms with E-state index in [4.69, 9.17) is 0 Å². The van der Waals surface area contributed by atoms with E-state index in [1.807, 2.05) is 0 Å². The fourth-order valence-corrected chi connectivity index (χ4v) is 3.23. The fraction of sp³-hybridized carbons (Fsp3) is 0.316. The summed E-state index contributed by atoms with van der Waals surface area (Å²) in [6.45, 7) is 1.16. The van der Waals surface area contributed by atoms with Crippen LogP contribution in [0.15, 0.2) is 42.5 Å². The Balaban J connectivity index is 1.54. The van der Waals surface area contributed by atoms with E-state index in [0.29, 0.717) is 29.7 Å². The molecule has 8 heteroatoms. The van der Waals surface area contributed by atoms with Crippen LogP contribution in [0.3, 0.4) is 0 Å². The number of fused-ring (bicyclic) bond motifs is 1. The lowest BCUT2D eigenvalue weighted by Gasteiger charge is -2.29. The van der Waals surface area contributed by atoms with Crippen molar-refractivity contribution >= 4 is 5.91 Å². The van der Waals surface area contributed by atoms with E-state index >= 15 is 0 Å². The predicted molar refractivity (Wildman–Crippen MR) is 92.8 cm³/mol. The SMILES string of the molecule is O=C(N[C@@H]1CCNC[C@H]1O)c1cccc(-c2ccc3c(c2)OC(F)(F)O3)c1. The minimum absolute atomic E-state index is 0.0301. The van der Waals surface area contributed by atoms with Crippen molar-refractivity contribution in [2.45, 2.75) is 24.9 Å². The number of hydrogen-bond acceptors (Lipinski definition) is 5. The third-order valence-electron chi connectivity index (χ3n) is 4.63. The maximum atomic E-state index is 13.2. The van der Waals surface area contributed by atoms with Crippen LogP contribution in [0.1, 0.15) is 16.8 Å². The minimum atomic E-state index is -3.67. The Morgan fingerprint density at radius 1 is 1.15 bits per heavy atom. The molecule has 0 spiro atoms. The van der Waals surface area contributed by atoms with Crippen molar-refractivity contribution in [3.63, 3.8) is 0 Å². The number of alkyl halides is 2. The average Bonchev–Trinajstić information content (AvgIpc) is 2.96. The summed E-state index contributed by atoms with van der Waals surface area (Å²) in [5.74, 6) is -0.377. The first-order valence-corrected chi connectivity index (χ1v) is 8.61. The second kappa shape index (κ2) is 6.79. The van der Waals surface area contributed by atoms with Crippen LogP contribution in [0, 0.1) is 0 Å². The lowest BCUT2D eigenvalue weighted by Crippen LogP contribution is -2.52. The summed E-state index contributed by atoms with van der Waals surface area (Å²) >= 11 is 0. The maximum absolute atomic E-state index is 13.2. The van der Waals surface area contributed by atoms with E-state index in [-0.39, 0.29) is 23.4 Å². The molecule has 1 saturated heterocycles. The summed E-state index contributed by atoms with van der Waals surface area (Å²) in [7, 11) is 0. The van der Waals surface area contributed by atoms with Crippen molar-refractivity contribution in [1.82, 2.24) is 10.6 Å². The molecule has 0 bridgehead atoms. The highest BCUT2D eigenvalue weighted by Gasteiger charge is 2.43. The number of benzene rings is 2. The van der Waals surface area contributed by atoms with Crippen molar-refractivity contribution in [1.29, 1.82) is 0 Å². The number of aliphatic hydroxyl groups is 1. The lowest BCUT2D eigenvalue weighted by molar-refractivity contribution is -0.286. The number of rotatable bonds is 3. The number of nitrogens with one attached hydrogen (secondary N) is 2. The van der Waals surface area contributed by atoms with Gasteiger partial charge in [0.25, 0.3) is 5.91 Å². The zero-order chi connectivity index (χ0) is 19.0. The third kappa shape index (κ3) is 3.72. The maximum Gasteiger partial charge on any atom is 0.586 e. The molecule has 3 N–H and O–H groups in total. The molecule has 1 fully saturated rings. The molecule has 27 heavy (non-hydrogen) atoms. The van der Waals surface area contributed by atoms with Crippen LogP contribution in [0.5, 0.6) is 11.5 Å². The molecule has 2 aliphatic rings. The lowest BCUT2D eigenvalue weighted by atomic mass is 10.0. The van der Waals surface area contributed by atoms with Gasteiger partial charge in [0.05, 0.1) is 12.1 Å². The molecule has 0 radical (unpaired) electrons.